The van der Waals surface area contributed by atoms with Crippen molar-refractivity contribution in [3.05, 3.63) is 12.3 Å². The topological polar surface area (TPSA) is 35.5 Å². The summed E-state index contributed by atoms with van der Waals surface area (Å²) in [5, 5.41) is 0. The van der Waals surface area contributed by atoms with Crippen LogP contribution in [-0.4, -0.2) is 18.2 Å². The lowest BCUT2D eigenvalue weighted by molar-refractivity contribution is -0.148. The van der Waals surface area contributed by atoms with Gasteiger partial charge in [-0.15, -0.1) is 0 Å². The second-order valence-electron chi connectivity index (χ2n) is 3.71. The van der Waals surface area contributed by atoms with E-state index in [1.165, 1.54) is 12.3 Å². The van der Waals surface area contributed by atoms with Crippen molar-refractivity contribution in [3.8, 4) is 0 Å². The number of carbonyl (C=O) groups excluding carboxylic acids is 1. The van der Waals surface area contributed by atoms with Crippen LogP contribution in [0.1, 0.15) is 34.1 Å². The molecule has 0 saturated carbocycles. The van der Waals surface area contributed by atoms with E-state index in [0.29, 0.717) is 6.61 Å². The largest absolute Gasteiger partial charge is 0.501 e. The molecule has 0 aromatic heterocycles. The van der Waals surface area contributed by atoms with Crippen LogP contribution in [-0.2, 0) is 14.3 Å². The van der Waals surface area contributed by atoms with E-state index in [9.17, 15) is 4.79 Å². The molecule has 3 nitrogen and oxygen atoms in total. The Balaban J connectivity index is 3.68. The van der Waals surface area contributed by atoms with Gasteiger partial charge in [-0.05, 0) is 27.2 Å². The van der Waals surface area contributed by atoms with Gasteiger partial charge >= 0.3 is 5.97 Å². The Labute approximate surface area is 79.7 Å². The molecule has 0 N–H and O–H groups in total. The number of ether oxygens (including phenoxy) is 2. The third-order valence-electron chi connectivity index (χ3n) is 1.03. The highest BCUT2D eigenvalue weighted by Gasteiger charge is 2.13. The van der Waals surface area contributed by atoms with Crippen LogP contribution in [0, 0.1) is 0 Å². The van der Waals surface area contributed by atoms with E-state index in [1.54, 1.807) is 0 Å². The molecule has 0 amide bonds. The average molecular weight is 186 g/mol. The fourth-order valence-electron chi connectivity index (χ4n) is 0.625. The fourth-order valence-corrected chi connectivity index (χ4v) is 0.625. The lowest BCUT2D eigenvalue weighted by Crippen LogP contribution is -2.22. The van der Waals surface area contributed by atoms with Gasteiger partial charge in [0.2, 0.25) is 0 Å². The van der Waals surface area contributed by atoms with Crippen LogP contribution in [0.4, 0.5) is 0 Å². The predicted octanol–water partition coefficient (Wildman–Crippen LogP) is 2.27. The molecule has 0 radical (unpaired) electrons. The van der Waals surface area contributed by atoms with Gasteiger partial charge in [-0.2, -0.15) is 0 Å². The zero-order valence-corrected chi connectivity index (χ0v) is 8.79. The van der Waals surface area contributed by atoms with Crippen LogP contribution in [0.3, 0.4) is 0 Å². The Kier molecular flexibility index (Phi) is 5.19. The van der Waals surface area contributed by atoms with Crippen LogP contribution >= 0.6 is 0 Å². The molecule has 0 aromatic rings. The Morgan fingerprint density at radius 2 is 2.00 bits per heavy atom. The molecule has 0 saturated heterocycles. The first-order chi connectivity index (χ1) is 5.95. The molecule has 0 fully saturated rings. The molecular formula is C10H18O3. The Hall–Kier alpha value is -0.990. The van der Waals surface area contributed by atoms with Gasteiger partial charge in [-0.1, -0.05) is 6.92 Å². The molecule has 0 rings (SSSR count). The van der Waals surface area contributed by atoms with Crippen LogP contribution < -0.4 is 0 Å². The van der Waals surface area contributed by atoms with Gasteiger partial charge < -0.3 is 9.47 Å². The minimum atomic E-state index is -0.438. The van der Waals surface area contributed by atoms with Gasteiger partial charge in [-0.25, -0.2) is 4.79 Å². The van der Waals surface area contributed by atoms with Crippen molar-refractivity contribution in [1.82, 2.24) is 0 Å². The van der Waals surface area contributed by atoms with Crippen LogP contribution in [0.5, 0.6) is 0 Å². The maximum Gasteiger partial charge on any atom is 0.334 e. The molecule has 0 bridgehead atoms. The van der Waals surface area contributed by atoms with Crippen molar-refractivity contribution < 1.29 is 14.3 Å². The number of hydrogen-bond acceptors (Lipinski definition) is 3. The van der Waals surface area contributed by atoms with Crippen LogP contribution in [0.15, 0.2) is 12.3 Å². The second kappa shape index (κ2) is 5.62. The lowest BCUT2D eigenvalue weighted by atomic mass is 10.2. The van der Waals surface area contributed by atoms with Crippen molar-refractivity contribution in [2.45, 2.75) is 39.7 Å². The number of esters is 1. The maximum atomic E-state index is 11.0. The van der Waals surface area contributed by atoms with E-state index < -0.39 is 5.60 Å². The van der Waals surface area contributed by atoms with E-state index in [-0.39, 0.29) is 5.97 Å². The Morgan fingerprint density at radius 3 is 2.46 bits per heavy atom. The second-order valence-corrected chi connectivity index (χ2v) is 3.71. The van der Waals surface area contributed by atoms with E-state index in [0.717, 1.165) is 6.42 Å². The number of hydrogen-bond donors (Lipinski definition) is 0. The smallest absolute Gasteiger partial charge is 0.334 e. The van der Waals surface area contributed by atoms with Crippen LogP contribution in [0.2, 0.25) is 0 Å². The first-order valence-electron chi connectivity index (χ1n) is 4.47. The summed E-state index contributed by atoms with van der Waals surface area (Å²) in [6.07, 6.45) is 3.59. The highest BCUT2D eigenvalue weighted by molar-refractivity contribution is 5.81. The number of carbonyl (C=O) groups is 1. The number of rotatable bonds is 4. The molecule has 0 aliphatic carbocycles. The summed E-state index contributed by atoms with van der Waals surface area (Å²) < 4.78 is 10.00. The van der Waals surface area contributed by atoms with Crippen molar-refractivity contribution in [2.24, 2.45) is 0 Å². The molecular weight excluding hydrogens is 168 g/mol. The molecule has 76 valence electrons. The first-order valence-corrected chi connectivity index (χ1v) is 4.47. The maximum absolute atomic E-state index is 11.0. The SMILES string of the molecule is CCCOC=CC(=O)OC(C)(C)C. The minimum Gasteiger partial charge on any atom is -0.501 e. The highest BCUT2D eigenvalue weighted by atomic mass is 16.6. The van der Waals surface area contributed by atoms with Crippen LogP contribution in [0.25, 0.3) is 0 Å². The molecule has 0 atom stereocenters. The molecule has 0 aliphatic rings. The van der Waals surface area contributed by atoms with E-state index in [2.05, 4.69) is 0 Å². The zero-order valence-electron chi connectivity index (χ0n) is 8.79. The standard InChI is InChI=1S/C10H18O3/c1-5-7-12-8-6-9(11)13-10(2,3)4/h6,8H,5,7H2,1-4H3. The summed E-state index contributed by atoms with van der Waals surface area (Å²) in [4.78, 5) is 11.0. The van der Waals surface area contributed by atoms with Gasteiger partial charge in [-0.3, -0.25) is 0 Å². The van der Waals surface area contributed by atoms with Crippen molar-refractivity contribution >= 4 is 5.97 Å². The van der Waals surface area contributed by atoms with E-state index >= 15 is 0 Å². The first kappa shape index (κ1) is 12.0. The summed E-state index contributed by atoms with van der Waals surface area (Å²) in [6, 6.07) is 0. The quantitative estimate of drug-likeness (QED) is 0.292. The zero-order chi connectivity index (χ0) is 10.3. The van der Waals surface area contributed by atoms with Gasteiger partial charge in [0.05, 0.1) is 18.9 Å². The fraction of sp³-hybridized carbons (Fsp3) is 0.700. The monoisotopic (exact) mass is 186 g/mol. The van der Waals surface area contributed by atoms with Gasteiger partial charge in [0.1, 0.15) is 5.60 Å². The third kappa shape index (κ3) is 8.92. The summed E-state index contributed by atoms with van der Waals surface area (Å²) in [7, 11) is 0. The van der Waals surface area contributed by atoms with E-state index in [4.69, 9.17) is 9.47 Å². The third-order valence-corrected chi connectivity index (χ3v) is 1.03. The lowest BCUT2D eigenvalue weighted by Gasteiger charge is -2.17. The van der Waals surface area contributed by atoms with E-state index in [1.807, 2.05) is 27.7 Å². The molecule has 0 unspecified atom stereocenters. The van der Waals surface area contributed by atoms with Gasteiger partial charge in [0.15, 0.2) is 0 Å². The van der Waals surface area contributed by atoms with Crippen molar-refractivity contribution in [3.63, 3.8) is 0 Å². The summed E-state index contributed by atoms with van der Waals surface area (Å²) in [5.41, 5.74) is -0.438. The summed E-state index contributed by atoms with van der Waals surface area (Å²) in [5.74, 6) is -0.372. The Morgan fingerprint density at radius 1 is 1.38 bits per heavy atom. The van der Waals surface area contributed by atoms with Crippen molar-refractivity contribution in [2.75, 3.05) is 6.61 Å². The minimum absolute atomic E-state index is 0.372. The Bertz CT molecular complexity index is 177. The average Bonchev–Trinajstić information content (AvgIpc) is 1.94. The van der Waals surface area contributed by atoms with Crippen molar-refractivity contribution in [1.29, 1.82) is 0 Å². The normalized spacial score (nSPS) is 11.7. The summed E-state index contributed by atoms with van der Waals surface area (Å²) in [6.45, 7) is 8.10. The molecule has 3 heteroatoms. The molecule has 0 heterocycles. The predicted molar refractivity (Wildman–Crippen MR) is 51.2 cm³/mol. The van der Waals surface area contributed by atoms with Gasteiger partial charge in [0.25, 0.3) is 0 Å². The highest BCUT2D eigenvalue weighted by Crippen LogP contribution is 2.06. The molecule has 0 spiro atoms. The molecule has 0 aromatic carbocycles. The van der Waals surface area contributed by atoms with Gasteiger partial charge in [0, 0.05) is 0 Å². The summed E-state index contributed by atoms with van der Waals surface area (Å²) >= 11 is 0. The molecule has 0 aliphatic heterocycles. The molecule has 13 heavy (non-hydrogen) atoms.